The average Bonchev–Trinajstić information content (AvgIpc) is 2.24. The number of ketones is 1. The van der Waals surface area contributed by atoms with Crippen molar-refractivity contribution in [3.8, 4) is 0 Å². The van der Waals surface area contributed by atoms with Gasteiger partial charge in [-0.25, -0.2) is 0 Å². The molecule has 0 aliphatic carbocycles. The summed E-state index contributed by atoms with van der Waals surface area (Å²) in [6.45, 7) is 9.01. The number of Topliss-reactive ketones (excluding diaryl/α,β-unsaturated/α-hetero) is 1. The molecule has 1 atom stereocenters. The van der Waals surface area contributed by atoms with Crippen LogP contribution in [0.5, 0.6) is 0 Å². The molecular weight excluding hydrogens is 204 g/mol. The van der Waals surface area contributed by atoms with Gasteiger partial charge in [-0.05, 0) is 20.8 Å². The van der Waals surface area contributed by atoms with E-state index in [4.69, 9.17) is 0 Å². The summed E-state index contributed by atoms with van der Waals surface area (Å²) < 4.78 is 0. The summed E-state index contributed by atoms with van der Waals surface area (Å²) in [4.78, 5) is 27.5. The lowest BCUT2D eigenvalue weighted by Gasteiger charge is -2.47. The molecule has 4 heteroatoms. The topological polar surface area (TPSA) is 40.6 Å². The summed E-state index contributed by atoms with van der Waals surface area (Å²) in [5.41, 5.74) is -0.572. The zero-order valence-corrected chi connectivity index (χ0v) is 10.9. The van der Waals surface area contributed by atoms with Crippen molar-refractivity contribution in [3.05, 3.63) is 0 Å². The number of nitrogens with zero attached hydrogens (tertiary/aromatic N) is 2. The molecule has 0 aromatic carbocycles. The molecule has 0 radical (unpaired) electrons. The first-order valence-electron chi connectivity index (χ1n) is 5.87. The molecule has 1 fully saturated rings. The van der Waals surface area contributed by atoms with E-state index in [1.165, 1.54) is 0 Å². The van der Waals surface area contributed by atoms with Crippen molar-refractivity contribution < 1.29 is 9.59 Å². The van der Waals surface area contributed by atoms with Crippen LogP contribution in [0.4, 0.5) is 0 Å². The Kier molecular flexibility index (Phi) is 3.73. The molecule has 0 aromatic heterocycles. The normalized spacial score (nSPS) is 23.3. The molecule has 1 amide bonds. The van der Waals surface area contributed by atoms with Gasteiger partial charge >= 0.3 is 0 Å². The average molecular weight is 226 g/mol. The van der Waals surface area contributed by atoms with Gasteiger partial charge in [0.15, 0.2) is 0 Å². The van der Waals surface area contributed by atoms with Crippen molar-refractivity contribution in [2.75, 3.05) is 20.1 Å². The number of hydrogen-bond acceptors (Lipinski definition) is 3. The van der Waals surface area contributed by atoms with Crippen LogP contribution in [0.3, 0.4) is 0 Å². The summed E-state index contributed by atoms with van der Waals surface area (Å²) in [5.74, 6) is 0.292. The maximum absolute atomic E-state index is 12.0. The van der Waals surface area contributed by atoms with E-state index in [0.717, 1.165) is 6.54 Å². The minimum absolute atomic E-state index is 0.0921. The molecule has 16 heavy (non-hydrogen) atoms. The van der Waals surface area contributed by atoms with Gasteiger partial charge in [-0.3, -0.25) is 14.5 Å². The Morgan fingerprint density at radius 3 is 2.50 bits per heavy atom. The van der Waals surface area contributed by atoms with Crippen LogP contribution in [0.15, 0.2) is 0 Å². The van der Waals surface area contributed by atoms with E-state index in [9.17, 15) is 9.59 Å². The van der Waals surface area contributed by atoms with Crippen molar-refractivity contribution in [2.24, 2.45) is 0 Å². The van der Waals surface area contributed by atoms with E-state index < -0.39 is 5.54 Å². The monoisotopic (exact) mass is 226 g/mol. The molecule has 1 aliphatic rings. The predicted molar refractivity (Wildman–Crippen MR) is 63.2 cm³/mol. The highest BCUT2D eigenvalue weighted by atomic mass is 16.2. The van der Waals surface area contributed by atoms with Crippen molar-refractivity contribution >= 4 is 11.7 Å². The van der Waals surface area contributed by atoms with Crippen molar-refractivity contribution in [3.63, 3.8) is 0 Å². The summed E-state index contributed by atoms with van der Waals surface area (Å²) in [7, 11) is 1.81. The third-order valence-electron chi connectivity index (χ3n) is 3.55. The third kappa shape index (κ3) is 2.12. The highest BCUT2D eigenvalue weighted by Crippen LogP contribution is 2.24. The fourth-order valence-corrected chi connectivity index (χ4v) is 2.38. The summed E-state index contributed by atoms with van der Waals surface area (Å²) >= 11 is 0. The number of piperazine rings is 1. The minimum atomic E-state index is -0.572. The first kappa shape index (κ1) is 13.2. The first-order valence-corrected chi connectivity index (χ1v) is 5.87. The van der Waals surface area contributed by atoms with E-state index in [2.05, 4.69) is 0 Å². The standard InChI is InChI=1S/C12H22N2O2/c1-6-10(15)9(2)14-8-7-13(5)11(16)12(14,3)4/h9H,6-8H2,1-5H3. The Labute approximate surface area is 97.6 Å². The van der Waals surface area contributed by atoms with Crippen molar-refractivity contribution in [1.82, 2.24) is 9.80 Å². The fourth-order valence-electron chi connectivity index (χ4n) is 2.38. The van der Waals surface area contributed by atoms with Gasteiger partial charge in [0.1, 0.15) is 5.78 Å². The van der Waals surface area contributed by atoms with Gasteiger partial charge in [0.2, 0.25) is 5.91 Å². The quantitative estimate of drug-likeness (QED) is 0.718. The molecule has 0 saturated carbocycles. The first-order chi connectivity index (χ1) is 7.32. The highest BCUT2D eigenvalue weighted by molar-refractivity contribution is 5.88. The number of hydrogen-bond donors (Lipinski definition) is 0. The molecular formula is C12H22N2O2. The number of carbonyl (C=O) groups is 2. The van der Waals surface area contributed by atoms with E-state index in [-0.39, 0.29) is 17.7 Å². The Bertz CT molecular complexity index is 299. The number of rotatable bonds is 3. The minimum Gasteiger partial charge on any atom is -0.343 e. The smallest absolute Gasteiger partial charge is 0.242 e. The van der Waals surface area contributed by atoms with Gasteiger partial charge in [0, 0.05) is 26.6 Å². The van der Waals surface area contributed by atoms with Crippen LogP contribution < -0.4 is 0 Å². The number of carbonyl (C=O) groups excluding carboxylic acids is 2. The SMILES string of the molecule is CCC(=O)C(C)N1CCN(C)C(=O)C1(C)C. The van der Waals surface area contributed by atoms with Crippen LogP contribution in [-0.2, 0) is 9.59 Å². The van der Waals surface area contributed by atoms with E-state index >= 15 is 0 Å². The Morgan fingerprint density at radius 2 is 2.00 bits per heavy atom. The van der Waals surface area contributed by atoms with Gasteiger partial charge in [-0.2, -0.15) is 0 Å². The maximum atomic E-state index is 12.0. The molecule has 0 N–H and O–H groups in total. The largest absolute Gasteiger partial charge is 0.343 e. The maximum Gasteiger partial charge on any atom is 0.242 e. The van der Waals surface area contributed by atoms with Crippen LogP contribution in [0.25, 0.3) is 0 Å². The third-order valence-corrected chi connectivity index (χ3v) is 3.55. The van der Waals surface area contributed by atoms with Crippen LogP contribution in [-0.4, -0.2) is 53.2 Å². The van der Waals surface area contributed by atoms with E-state index in [0.29, 0.717) is 13.0 Å². The van der Waals surface area contributed by atoms with Gasteiger partial charge in [-0.1, -0.05) is 6.92 Å². The Morgan fingerprint density at radius 1 is 1.44 bits per heavy atom. The summed E-state index contributed by atoms with van der Waals surface area (Å²) in [6.07, 6.45) is 0.526. The molecule has 1 aliphatic heterocycles. The second-order valence-electron chi connectivity index (χ2n) is 4.97. The summed E-state index contributed by atoms with van der Waals surface area (Å²) in [5, 5.41) is 0. The van der Waals surface area contributed by atoms with Gasteiger partial charge in [-0.15, -0.1) is 0 Å². The van der Waals surface area contributed by atoms with E-state index in [1.54, 1.807) is 4.90 Å². The van der Waals surface area contributed by atoms with Crippen molar-refractivity contribution in [1.29, 1.82) is 0 Å². The lowest BCUT2D eigenvalue weighted by Crippen LogP contribution is -2.65. The molecule has 4 nitrogen and oxygen atoms in total. The molecule has 92 valence electrons. The fraction of sp³-hybridized carbons (Fsp3) is 0.833. The molecule has 1 saturated heterocycles. The number of amides is 1. The Hall–Kier alpha value is -0.900. The second-order valence-corrected chi connectivity index (χ2v) is 4.97. The number of likely N-dealkylation sites (N-methyl/N-ethyl adjacent to an activating group) is 1. The molecule has 0 aromatic rings. The lowest BCUT2D eigenvalue weighted by molar-refractivity contribution is -0.151. The van der Waals surface area contributed by atoms with Crippen LogP contribution >= 0.6 is 0 Å². The van der Waals surface area contributed by atoms with Gasteiger partial charge in [0.25, 0.3) is 0 Å². The molecule has 1 rings (SSSR count). The lowest BCUT2D eigenvalue weighted by atomic mass is 9.94. The van der Waals surface area contributed by atoms with Crippen molar-refractivity contribution in [2.45, 2.75) is 45.7 Å². The summed E-state index contributed by atoms with van der Waals surface area (Å²) in [6, 6.07) is -0.169. The zero-order valence-electron chi connectivity index (χ0n) is 10.9. The molecule has 0 bridgehead atoms. The van der Waals surface area contributed by atoms with Crippen LogP contribution in [0.2, 0.25) is 0 Å². The second kappa shape index (κ2) is 4.53. The molecule has 0 spiro atoms. The molecule has 1 heterocycles. The zero-order chi connectivity index (χ0) is 12.5. The van der Waals surface area contributed by atoms with Gasteiger partial charge in [0.05, 0.1) is 11.6 Å². The predicted octanol–water partition coefficient (Wildman–Crippen LogP) is 0.907. The van der Waals surface area contributed by atoms with Gasteiger partial charge < -0.3 is 4.90 Å². The highest BCUT2D eigenvalue weighted by Gasteiger charge is 2.43. The van der Waals surface area contributed by atoms with E-state index in [1.807, 2.05) is 39.6 Å². The van der Waals surface area contributed by atoms with Crippen LogP contribution in [0.1, 0.15) is 34.1 Å². The Balaban J connectivity index is 2.89. The molecule has 1 unspecified atom stereocenters. The van der Waals surface area contributed by atoms with Crippen LogP contribution in [0, 0.1) is 0 Å².